The van der Waals surface area contributed by atoms with Gasteiger partial charge in [0, 0.05) is 24.3 Å². The highest BCUT2D eigenvalue weighted by atomic mass is 35.5. The summed E-state index contributed by atoms with van der Waals surface area (Å²) in [4.78, 5) is 21.3. The van der Waals surface area contributed by atoms with Gasteiger partial charge in [0.15, 0.2) is 0 Å². The fourth-order valence-electron chi connectivity index (χ4n) is 3.39. The zero-order chi connectivity index (χ0) is 17.4. The van der Waals surface area contributed by atoms with Crippen LogP contribution in [0.15, 0.2) is 42.5 Å². The zero-order valence-electron chi connectivity index (χ0n) is 14.0. The van der Waals surface area contributed by atoms with Gasteiger partial charge in [-0.15, -0.1) is 12.4 Å². The van der Waals surface area contributed by atoms with Crippen LogP contribution in [0.5, 0.6) is 0 Å². The highest BCUT2D eigenvalue weighted by molar-refractivity contribution is 6.33. The van der Waals surface area contributed by atoms with Crippen LogP contribution in [0, 0.1) is 5.92 Å². The van der Waals surface area contributed by atoms with Gasteiger partial charge >= 0.3 is 5.97 Å². The lowest BCUT2D eigenvalue weighted by atomic mass is 9.97. The van der Waals surface area contributed by atoms with Gasteiger partial charge in [-0.25, -0.2) is 4.98 Å². The molecule has 2 heterocycles. The lowest BCUT2D eigenvalue weighted by Gasteiger charge is -2.32. The van der Waals surface area contributed by atoms with Crippen molar-refractivity contribution in [3.05, 3.63) is 47.5 Å². The average molecular weight is 392 g/mol. The van der Waals surface area contributed by atoms with Crippen molar-refractivity contribution in [2.24, 2.45) is 5.92 Å². The van der Waals surface area contributed by atoms with E-state index in [1.165, 1.54) is 0 Å². The predicted molar refractivity (Wildman–Crippen MR) is 106 cm³/mol. The molecule has 7 heteroatoms. The van der Waals surface area contributed by atoms with Gasteiger partial charge in [0.1, 0.15) is 5.82 Å². The fourth-order valence-corrected chi connectivity index (χ4v) is 3.59. The maximum absolute atomic E-state index is 11.3. The van der Waals surface area contributed by atoms with E-state index in [0.717, 1.165) is 47.5 Å². The van der Waals surface area contributed by atoms with Gasteiger partial charge in [-0.05, 0) is 43.2 Å². The molecule has 2 aromatic carbocycles. The van der Waals surface area contributed by atoms with Crippen molar-refractivity contribution in [1.29, 1.82) is 0 Å². The summed E-state index contributed by atoms with van der Waals surface area (Å²) in [6.45, 7) is 1.38. The number of H-pyrrole nitrogens is 1. The SMILES string of the molecule is Cl.O=C(O)C1CCCN(c2ccc(Cl)c(-c3nc4ccccc4[nH]3)c2)C1. The second kappa shape index (κ2) is 7.56. The third-order valence-electron chi connectivity index (χ3n) is 4.73. The molecule has 1 unspecified atom stereocenters. The predicted octanol–water partition coefficient (Wildman–Crippen LogP) is 4.61. The standard InChI is InChI=1S/C19H18ClN3O2.ClH/c20-15-8-7-13(23-9-3-4-12(11-23)19(24)25)10-14(15)18-21-16-5-1-2-6-17(16)22-18;/h1-2,5-8,10,12H,3-4,9,11H2,(H,21,22)(H,24,25);1H. The summed E-state index contributed by atoms with van der Waals surface area (Å²) in [5.41, 5.74) is 3.66. The van der Waals surface area contributed by atoms with E-state index in [0.29, 0.717) is 11.6 Å². The van der Waals surface area contributed by atoms with Crippen LogP contribution in [0.3, 0.4) is 0 Å². The van der Waals surface area contributed by atoms with E-state index in [-0.39, 0.29) is 18.3 Å². The molecule has 3 aromatic rings. The first-order chi connectivity index (χ1) is 12.1. The number of carboxylic acids is 1. The lowest BCUT2D eigenvalue weighted by Crippen LogP contribution is -2.38. The average Bonchev–Trinajstić information content (AvgIpc) is 3.06. The van der Waals surface area contributed by atoms with E-state index in [1.807, 2.05) is 42.5 Å². The van der Waals surface area contributed by atoms with Crippen LogP contribution in [-0.4, -0.2) is 34.1 Å². The molecule has 136 valence electrons. The molecule has 26 heavy (non-hydrogen) atoms. The molecule has 0 bridgehead atoms. The number of aliphatic carboxylic acids is 1. The normalized spacial score (nSPS) is 17.1. The summed E-state index contributed by atoms with van der Waals surface area (Å²) in [5, 5.41) is 9.92. The number of hydrogen-bond donors (Lipinski definition) is 2. The van der Waals surface area contributed by atoms with Crippen LogP contribution in [0.2, 0.25) is 5.02 Å². The minimum absolute atomic E-state index is 0. The van der Waals surface area contributed by atoms with Crippen LogP contribution in [-0.2, 0) is 4.79 Å². The molecule has 2 N–H and O–H groups in total. The number of anilines is 1. The number of para-hydroxylation sites is 2. The Balaban J connectivity index is 0.00000196. The molecule has 4 rings (SSSR count). The topological polar surface area (TPSA) is 69.2 Å². The number of nitrogens with one attached hydrogen (secondary N) is 1. The number of fused-ring (bicyclic) bond motifs is 1. The number of hydrogen-bond acceptors (Lipinski definition) is 3. The highest BCUT2D eigenvalue weighted by Gasteiger charge is 2.26. The third kappa shape index (κ3) is 3.50. The number of rotatable bonds is 3. The number of benzene rings is 2. The molecule has 0 saturated carbocycles. The molecular weight excluding hydrogens is 373 g/mol. The number of aromatic nitrogens is 2. The monoisotopic (exact) mass is 391 g/mol. The summed E-state index contributed by atoms with van der Waals surface area (Å²) in [6.07, 6.45) is 1.61. The molecule has 1 aromatic heterocycles. The Morgan fingerprint density at radius 1 is 1.27 bits per heavy atom. The van der Waals surface area contributed by atoms with Crippen molar-refractivity contribution in [3.63, 3.8) is 0 Å². The molecule has 1 saturated heterocycles. The van der Waals surface area contributed by atoms with E-state index >= 15 is 0 Å². The second-order valence-corrected chi connectivity index (χ2v) is 6.80. The third-order valence-corrected chi connectivity index (χ3v) is 5.06. The van der Waals surface area contributed by atoms with Crippen molar-refractivity contribution in [3.8, 4) is 11.4 Å². The van der Waals surface area contributed by atoms with Gasteiger partial charge in [-0.2, -0.15) is 0 Å². The Morgan fingerprint density at radius 3 is 2.85 bits per heavy atom. The van der Waals surface area contributed by atoms with Crippen LogP contribution in [0.4, 0.5) is 5.69 Å². The van der Waals surface area contributed by atoms with Gasteiger partial charge in [0.2, 0.25) is 0 Å². The van der Waals surface area contributed by atoms with Crippen LogP contribution in [0.25, 0.3) is 22.4 Å². The summed E-state index contributed by atoms with van der Waals surface area (Å²) in [6, 6.07) is 13.6. The minimum atomic E-state index is -0.726. The molecule has 1 aliphatic rings. The van der Waals surface area contributed by atoms with Gasteiger partial charge in [-0.3, -0.25) is 4.79 Å². The molecule has 1 fully saturated rings. The van der Waals surface area contributed by atoms with Gasteiger partial charge < -0.3 is 15.0 Å². The maximum Gasteiger partial charge on any atom is 0.308 e. The first-order valence-corrected chi connectivity index (χ1v) is 8.72. The Labute approximate surface area is 162 Å². The lowest BCUT2D eigenvalue weighted by molar-refractivity contribution is -0.141. The summed E-state index contributed by atoms with van der Waals surface area (Å²) in [5.74, 6) is -0.324. The first kappa shape index (κ1) is 18.5. The molecule has 0 amide bonds. The minimum Gasteiger partial charge on any atom is -0.481 e. The number of carboxylic acid groups (broad SMARTS) is 1. The van der Waals surface area contributed by atoms with Gasteiger partial charge in [0.05, 0.1) is 22.0 Å². The number of imidazole rings is 1. The van der Waals surface area contributed by atoms with Crippen LogP contribution < -0.4 is 4.90 Å². The maximum atomic E-state index is 11.3. The van der Waals surface area contributed by atoms with E-state index in [9.17, 15) is 9.90 Å². The summed E-state index contributed by atoms with van der Waals surface area (Å²) in [7, 11) is 0. The Hall–Kier alpha value is -2.24. The molecular formula is C19H19Cl2N3O2. The van der Waals surface area contributed by atoms with Crippen molar-refractivity contribution in [2.45, 2.75) is 12.8 Å². The van der Waals surface area contributed by atoms with E-state index < -0.39 is 5.97 Å². The molecule has 0 radical (unpaired) electrons. The van der Waals surface area contributed by atoms with Crippen molar-refractivity contribution in [1.82, 2.24) is 9.97 Å². The molecule has 1 atom stereocenters. The van der Waals surface area contributed by atoms with E-state index in [1.54, 1.807) is 0 Å². The fraction of sp³-hybridized carbons (Fsp3) is 0.263. The van der Waals surface area contributed by atoms with Crippen molar-refractivity contribution < 1.29 is 9.90 Å². The van der Waals surface area contributed by atoms with E-state index in [2.05, 4.69) is 14.9 Å². The number of halogens is 2. The summed E-state index contributed by atoms with van der Waals surface area (Å²) < 4.78 is 0. The molecule has 5 nitrogen and oxygen atoms in total. The molecule has 0 spiro atoms. The second-order valence-electron chi connectivity index (χ2n) is 6.39. The van der Waals surface area contributed by atoms with Crippen molar-refractivity contribution in [2.75, 3.05) is 18.0 Å². The Morgan fingerprint density at radius 2 is 2.08 bits per heavy atom. The van der Waals surface area contributed by atoms with Crippen LogP contribution >= 0.6 is 24.0 Å². The zero-order valence-corrected chi connectivity index (χ0v) is 15.6. The number of aromatic amines is 1. The van der Waals surface area contributed by atoms with Gasteiger partial charge in [-0.1, -0.05) is 23.7 Å². The van der Waals surface area contributed by atoms with Crippen molar-refractivity contribution >= 4 is 46.7 Å². The first-order valence-electron chi connectivity index (χ1n) is 8.34. The number of nitrogens with zero attached hydrogens (tertiary/aromatic N) is 2. The quantitative estimate of drug-likeness (QED) is 0.683. The smallest absolute Gasteiger partial charge is 0.308 e. The number of piperidine rings is 1. The Bertz CT molecular complexity index is 908. The number of carbonyl (C=O) groups is 1. The molecule has 0 aliphatic carbocycles. The van der Waals surface area contributed by atoms with E-state index in [4.69, 9.17) is 11.6 Å². The Kier molecular flexibility index (Phi) is 5.39. The largest absolute Gasteiger partial charge is 0.481 e. The van der Waals surface area contributed by atoms with Gasteiger partial charge in [0.25, 0.3) is 0 Å². The van der Waals surface area contributed by atoms with Crippen LogP contribution in [0.1, 0.15) is 12.8 Å². The summed E-state index contributed by atoms with van der Waals surface area (Å²) >= 11 is 6.40. The molecule has 1 aliphatic heterocycles. The highest BCUT2D eigenvalue weighted by Crippen LogP contribution is 2.33.